The van der Waals surface area contributed by atoms with E-state index in [1.54, 1.807) is 0 Å². The van der Waals surface area contributed by atoms with Gasteiger partial charge in [0.05, 0.1) is 0 Å². The number of hydrogen-bond acceptors (Lipinski definition) is 2. The van der Waals surface area contributed by atoms with Gasteiger partial charge in [-0.1, -0.05) is 45.4 Å². The molecular formula is C19H36N2. The Labute approximate surface area is 132 Å². The molecule has 0 radical (unpaired) electrons. The Morgan fingerprint density at radius 3 is 2.19 bits per heavy atom. The van der Waals surface area contributed by atoms with E-state index < -0.39 is 0 Å². The van der Waals surface area contributed by atoms with Gasteiger partial charge in [0, 0.05) is 12.1 Å². The highest BCUT2D eigenvalue weighted by Gasteiger charge is 2.39. The van der Waals surface area contributed by atoms with Gasteiger partial charge in [0.1, 0.15) is 0 Å². The van der Waals surface area contributed by atoms with Gasteiger partial charge in [0.25, 0.3) is 0 Å². The molecule has 1 spiro atoms. The van der Waals surface area contributed by atoms with Crippen LogP contribution in [0.1, 0.15) is 84.0 Å². The maximum atomic E-state index is 3.82. The second kappa shape index (κ2) is 7.46. The van der Waals surface area contributed by atoms with E-state index in [1.807, 2.05) is 0 Å². The molecule has 2 saturated carbocycles. The van der Waals surface area contributed by atoms with Crippen molar-refractivity contribution in [1.29, 1.82) is 0 Å². The van der Waals surface area contributed by atoms with E-state index in [0.717, 1.165) is 24.0 Å². The summed E-state index contributed by atoms with van der Waals surface area (Å²) >= 11 is 0. The van der Waals surface area contributed by atoms with Crippen molar-refractivity contribution in [3.8, 4) is 0 Å². The highest BCUT2D eigenvalue weighted by Crippen LogP contribution is 2.46. The Balaban J connectivity index is 1.59. The largest absolute Gasteiger partial charge is 0.313 e. The summed E-state index contributed by atoms with van der Waals surface area (Å²) in [6.45, 7) is 6.18. The highest BCUT2D eigenvalue weighted by molar-refractivity contribution is 4.94. The molecule has 2 aliphatic carbocycles. The maximum Gasteiger partial charge on any atom is 0.0249 e. The zero-order valence-corrected chi connectivity index (χ0v) is 14.2. The Bertz CT molecular complexity index is 299. The zero-order chi connectivity index (χ0) is 14.5. The predicted molar refractivity (Wildman–Crippen MR) is 90.7 cm³/mol. The average Bonchev–Trinajstić information content (AvgIpc) is 2.92. The van der Waals surface area contributed by atoms with Crippen LogP contribution in [0.5, 0.6) is 0 Å². The van der Waals surface area contributed by atoms with E-state index in [2.05, 4.69) is 17.1 Å². The minimum absolute atomic E-state index is 0.757. The molecule has 3 aliphatic rings. The van der Waals surface area contributed by atoms with Crippen molar-refractivity contribution in [3.05, 3.63) is 0 Å². The number of rotatable bonds is 3. The Kier molecular flexibility index (Phi) is 5.61. The standard InChI is InChI=1S/C19H36N2/c1-2-20-17-9-5-3-4-6-10-18(17)21-15-13-19(14-16-21)11-7-8-12-19/h17-18,20H,2-16H2,1H3. The summed E-state index contributed by atoms with van der Waals surface area (Å²) in [6.07, 6.45) is 17.7. The number of hydrogen-bond donors (Lipinski definition) is 1. The number of nitrogens with zero attached hydrogens (tertiary/aromatic N) is 1. The predicted octanol–water partition coefficient (Wildman–Crippen LogP) is 4.34. The quantitative estimate of drug-likeness (QED) is 0.832. The second-order valence-corrected chi connectivity index (χ2v) is 7.97. The SMILES string of the molecule is CCNC1CCCCCCC1N1CCC2(CCCC2)CC1. The van der Waals surface area contributed by atoms with Gasteiger partial charge in [-0.2, -0.15) is 0 Å². The van der Waals surface area contributed by atoms with E-state index in [9.17, 15) is 0 Å². The van der Waals surface area contributed by atoms with Crippen LogP contribution in [0, 0.1) is 5.41 Å². The fraction of sp³-hybridized carbons (Fsp3) is 1.00. The topological polar surface area (TPSA) is 15.3 Å². The average molecular weight is 293 g/mol. The third kappa shape index (κ3) is 3.82. The molecule has 21 heavy (non-hydrogen) atoms. The monoisotopic (exact) mass is 292 g/mol. The Morgan fingerprint density at radius 2 is 1.52 bits per heavy atom. The molecule has 2 unspecified atom stereocenters. The summed E-state index contributed by atoms with van der Waals surface area (Å²) < 4.78 is 0. The molecule has 0 amide bonds. The lowest BCUT2D eigenvalue weighted by molar-refractivity contribution is 0.0521. The maximum absolute atomic E-state index is 3.82. The lowest BCUT2D eigenvalue weighted by Gasteiger charge is -2.46. The van der Waals surface area contributed by atoms with Crippen molar-refractivity contribution in [1.82, 2.24) is 10.2 Å². The molecule has 1 N–H and O–H groups in total. The zero-order valence-electron chi connectivity index (χ0n) is 14.2. The van der Waals surface area contributed by atoms with Crippen molar-refractivity contribution >= 4 is 0 Å². The molecule has 0 aromatic heterocycles. The third-order valence-corrected chi connectivity index (χ3v) is 6.69. The number of likely N-dealkylation sites (tertiary alicyclic amines) is 1. The van der Waals surface area contributed by atoms with Crippen LogP contribution >= 0.6 is 0 Å². The molecule has 2 nitrogen and oxygen atoms in total. The summed E-state index contributed by atoms with van der Waals surface area (Å²) in [5.74, 6) is 0. The molecule has 1 aliphatic heterocycles. The molecular weight excluding hydrogens is 256 g/mol. The summed E-state index contributed by atoms with van der Waals surface area (Å²) in [7, 11) is 0. The first-order chi connectivity index (χ1) is 10.3. The second-order valence-electron chi connectivity index (χ2n) is 7.97. The van der Waals surface area contributed by atoms with Gasteiger partial charge in [-0.15, -0.1) is 0 Å². The lowest BCUT2D eigenvalue weighted by atomic mass is 9.76. The Morgan fingerprint density at radius 1 is 0.857 bits per heavy atom. The van der Waals surface area contributed by atoms with Crippen LogP contribution in [0.25, 0.3) is 0 Å². The lowest BCUT2D eigenvalue weighted by Crippen LogP contribution is -2.53. The summed E-state index contributed by atoms with van der Waals surface area (Å²) in [5, 5.41) is 3.82. The highest BCUT2D eigenvalue weighted by atomic mass is 15.2. The van der Waals surface area contributed by atoms with E-state index in [4.69, 9.17) is 0 Å². The van der Waals surface area contributed by atoms with Crippen LogP contribution in [-0.2, 0) is 0 Å². The van der Waals surface area contributed by atoms with Crippen molar-refractivity contribution in [2.24, 2.45) is 5.41 Å². The molecule has 0 aromatic rings. The van der Waals surface area contributed by atoms with E-state index >= 15 is 0 Å². The van der Waals surface area contributed by atoms with E-state index in [-0.39, 0.29) is 0 Å². The van der Waals surface area contributed by atoms with Crippen LogP contribution in [-0.4, -0.2) is 36.6 Å². The third-order valence-electron chi connectivity index (χ3n) is 6.69. The van der Waals surface area contributed by atoms with Crippen LogP contribution in [0.2, 0.25) is 0 Å². The number of likely N-dealkylation sites (N-methyl/N-ethyl adjacent to an activating group) is 1. The minimum Gasteiger partial charge on any atom is -0.313 e. The fourth-order valence-corrected chi connectivity index (χ4v) is 5.36. The van der Waals surface area contributed by atoms with Crippen molar-refractivity contribution in [3.63, 3.8) is 0 Å². The molecule has 3 fully saturated rings. The van der Waals surface area contributed by atoms with Crippen LogP contribution in [0.15, 0.2) is 0 Å². The van der Waals surface area contributed by atoms with Gasteiger partial charge in [0.15, 0.2) is 0 Å². The Hall–Kier alpha value is -0.0800. The summed E-state index contributed by atoms with van der Waals surface area (Å²) in [5.41, 5.74) is 0.770. The van der Waals surface area contributed by atoms with Gasteiger partial charge in [0.2, 0.25) is 0 Å². The van der Waals surface area contributed by atoms with Gasteiger partial charge in [-0.25, -0.2) is 0 Å². The van der Waals surface area contributed by atoms with Crippen LogP contribution < -0.4 is 5.32 Å². The number of nitrogens with one attached hydrogen (secondary N) is 1. The smallest absolute Gasteiger partial charge is 0.0249 e. The van der Waals surface area contributed by atoms with Crippen LogP contribution in [0.4, 0.5) is 0 Å². The summed E-state index contributed by atoms with van der Waals surface area (Å²) in [4.78, 5) is 2.88. The van der Waals surface area contributed by atoms with Crippen LogP contribution in [0.3, 0.4) is 0 Å². The minimum atomic E-state index is 0.757. The molecule has 2 heteroatoms. The molecule has 1 saturated heterocycles. The van der Waals surface area contributed by atoms with Gasteiger partial charge >= 0.3 is 0 Å². The number of piperidine rings is 1. The normalized spacial score (nSPS) is 34.7. The van der Waals surface area contributed by atoms with Crippen molar-refractivity contribution in [2.75, 3.05) is 19.6 Å². The van der Waals surface area contributed by atoms with Gasteiger partial charge in [-0.05, 0) is 63.6 Å². The molecule has 1 heterocycles. The van der Waals surface area contributed by atoms with Crippen molar-refractivity contribution in [2.45, 2.75) is 96.1 Å². The molecule has 122 valence electrons. The summed E-state index contributed by atoms with van der Waals surface area (Å²) in [6, 6.07) is 1.58. The van der Waals surface area contributed by atoms with Gasteiger partial charge < -0.3 is 5.32 Å². The first kappa shape index (κ1) is 15.8. The van der Waals surface area contributed by atoms with Crippen molar-refractivity contribution < 1.29 is 0 Å². The van der Waals surface area contributed by atoms with E-state index in [0.29, 0.717) is 0 Å². The molecule has 0 aromatic carbocycles. The molecule has 3 rings (SSSR count). The van der Waals surface area contributed by atoms with Gasteiger partial charge in [-0.3, -0.25) is 4.90 Å². The fourth-order valence-electron chi connectivity index (χ4n) is 5.36. The molecule has 2 atom stereocenters. The first-order valence-corrected chi connectivity index (χ1v) is 9.80. The first-order valence-electron chi connectivity index (χ1n) is 9.80. The van der Waals surface area contributed by atoms with E-state index in [1.165, 1.54) is 90.1 Å². The molecule has 0 bridgehead atoms.